The number of fused-ring (bicyclic) bond motifs is 1. The Morgan fingerprint density at radius 2 is 2.08 bits per heavy atom. The maximum atomic E-state index is 12.5. The molecule has 1 unspecified atom stereocenters. The van der Waals surface area contributed by atoms with Crippen molar-refractivity contribution in [3.63, 3.8) is 0 Å². The number of para-hydroxylation sites is 2. The van der Waals surface area contributed by atoms with Crippen LogP contribution in [0.25, 0.3) is 11.0 Å². The molecular formula is C18H22N4OS. The van der Waals surface area contributed by atoms with Crippen molar-refractivity contribution in [2.75, 3.05) is 18.6 Å². The number of carbonyl (C=O) groups excluding carboxylic acids is 1. The van der Waals surface area contributed by atoms with E-state index in [1.165, 1.54) is 0 Å². The first-order chi connectivity index (χ1) is 11.8. The third-order valence-electron chi connectivity index (χ3n) is 3.98. The van der Waals surface area contributed by atoms with Gasteiger partial charge in [0, 0.05) is 25.4 Å². The number of nitrogens with zero attached hydrogens (tertiary/aromatic N) is 2. The first-order valence-electron chi connectivity index (χ1n) is 8.10. The molecule has 0 saturated carbocycles. The van der Waals surface area contributed by atoms with Crippen LogP contribution in [0.15, 0.2) is 48.8 Å². The Hall–Kier alpha value is -2.21. The largest absolute Gasteiger partial charge is 0.354 e. The fourth-order valence-corrected chi connectivity index (χ4v) is 3.21. The lowest BCUT2D eigenvalue weighted by Gasteiger charge is -2.18. The first kappa shape index (κ1) is 16.6. The number of nitrogens with one attached hydrogen (secondary N) is 2. The highest BCUT2D eigenvalue weighted by Crippen LogP contribution is 2.15. The smallest absolute Gasteiger partial charge is 0.243 e. The molecule has 3 aromatic rings. The van der Waals surface area contributed by atoms with Crippen LogP contribution in [0.2, 0.25) is 0 Å². The standard InChI is InChI=1S/C18H22N4OS/c1-24-13-9-16(22-11-4-5-12-22)18(23)19-10-8-17-20-14-6-2-3-7-15(14)21-17/h2-7,11-12,16H,8-10,13H2,1H3,(H,19,23)(H,20,21). The Morgan fingerprint density at radius 1 is 1.29 bits per heavy atom. The van der Waals surface area contributed by atoms with Gasteiger partial charge in [-0.1, -0.05) is 12.1 Å². The quantitative estimate of drug-likeness (QED) is 0.661. The summed E-state index contributed by atoms with van der Waals surface area (Å²) in [7, 11) is 0. The summed E-state index contributed by atoms with van der Waals surface area (Å²) >= 11 is 1.76. The fourth-order valence-electron chi connectivity index (χ4n) is 2.75. The summed E-state index contributed by atoms with van der Waals surface area (Å²) in [5.74, 6) is 1.93. The van der Waals surface area contributed by atoms with Gasteiger partial charge in [0.05, 0.1) is 11.0 Å². The topological polar surface area (TPSA) is 62.7 Å². The van der Waals surface area contributed by atoms with E-state index in [0.29, 0.717) is 13.0 Å². The van der Waals surface area contributed by atoms with Gasteiger partial charge in [0.15, 0.2) is 0 Å². The third kappa shape index (κ3) is 4.00. The van der Waals surface area contributed by atoms with Gasteiger partial charge in [-0.25, -0.2) is 4.98 Å². The van der Waals surface area contributed by atoms with E-state index in [1.54, 1.807) is 11.8 Å². The number of thioether (sulfide) groups is 1. The lowest BCUT2D eigenvalue weighted by molar-refractivity contribution is -0.124. The second kappa shape index (κ2) is 8.06. The van der Waals surface area contributed by atoms with Gasteiger partial charge in [0.1, 0.15) is 11.9 Å². The third-order valence-corrected chi connectivity index (χ3v) is 4.63. The van der Waals surface area contributed by atoms with E-state index < -0.39 is 0 Å². The number of amides is 1. The van der Waals surface area contributed by atoms with Crippen LogP contribution in [-0.4, -0.2) is 39.0 Å². The highest BCUT2D eigenvalue weighted by atomic mass is 32.2. The lowest BCUT2D eigenvalue weighted by atomic mass is 10.2. The van der Waals surface area contributed by atoms with E-state index >= 15 is 0 Å². The molecule has 2 heterocycles. The van der Waals surface area contributed by atoms with E-state index in [2.05, 4.69) is 21.5 Å². The molecule has 0 bridgehead atoms. The van der Waals surface area contributed by atoms with Crippen LogP contribution in [0.5, 0.6) is 0 Å². The minimum atomic E-state index is -0.150. The van der Waals surface area contributed by atoms with Gasteiger partial charge in [-0.3, -0.25) is 4.79 Å². The summed E-state index contributed by atoms with van der Waals surface area (Å²) in [6.07, 6.45) is 7.48. The predicted molar refractivity (Wildman–Crippen MR) is 99.3 cm³/mol. The molecule has 0 saturated heterocycles. The second-order valence-electron chi connectivity index (χ2n) is 5.67. The zero-order chi connectivity index (χ0) is 16.8. The summed E-state index contributed by atoms with van der Waals surface area (Å²) < 4.78 is 1.98. The number of H-pyrrole nitrogens is 1. The van der Waals surface area contributed by atoms with Crippen molar-refractivity contribution in [3.05, 3.63) is 54.6 Å². The van der Waals surface area contributed by atoms with Gasteiger partial charge in [0.25, 0.3) is 0 Å². The maximum absolute atomic E-state index is 12.5. The monoisotopic (exact) mass is 342 g/mol. The minimum absolute atomic E-state index is 0.0661. The average Bonchev–Trinajstić information content (AvgIpc) is 3.24. The number of carbonyl (C=O) groups is 1. The number of hydrogen-bond donors (Lipinski definition) is 2. The molecule has 2 aromatic heterocycles. The van der Waals surface area contributed by atoms with Crippen molar-refractivity contribution in [2.45, 2.75) is 18.9 Å². The number of imidazole rings is 1. The minimum Gasteiger partial charge on any atom is -0.354 e. The maximum Gasteiger partial charge on any atom is 0.243 e. The summed E-state index contributed by atoms with van der Waals surface area (Å²) in [6, 6.07) is 11.7. The SMILES string of the molecule is CSCCC(C(=O)NCCc1nc2ccccc2[nH]1)n1cccc1. The summed E-state index contributed by atoms with van der Waals surface area (Å²) in [4.78, 5) is 20.4. The molecule has 0 radical (unpaired) electrons. The Bertz CT molecular complexity index is 748. The Balaban J connectivity index is 1.56. The number of rotatable bonds is 8. The van der Waals surface area contributed by atoms with E-state index in [9.17, 15) is 4.79 Å². The predicted octanol–water partition coefficient (Wildman–Crippen LogP) is 3.02. The van der Waals surface area contributed by atoms with Crippen LogP contribution >= 0.6 is 11.8 Å². The lowest BCUT2D eigenvalue weighted by Crippen LogP contribution is -2.34. The fraction of sp³-hybridized carbons (Fsp3) is 0.333. The van der Waals surface area contributed by atoms with Gasteiger partial charge in [-0.05, 0) is 42.7 Å². The summed E-state index contributed by atoms with van der Waals surface area (Å²) in [5, 5.41) is 3.04. The molecule has 0 aliphatic heterocycles. The number of benzene rings is 1. The van der Waals surface area contributed by atoms with E-state index in [4.69, 9.17) is 0 Å². The van der Waals surface area contributed by atoms with Gasteiger partial charge < -0.3 is 14.9 Å². The highest BCUT2D eigenvalue weighted by molar-refractivity contribution is 7.98. The first-order valence-corrected chi connectivity index (χ1v) is 9.50. The Morgan fingerprint density at radius 3 is 2.83 bits per heavy atom. The van der Waals surface area contributed by atoms with Crippen LogP contribution in [0.4, 0.5) is 0 Å². The Kier molecular flexibility index (Phi) is 5.59. The molecular weight excluding hydrogens is 320 g/mol. The van der Waals surface area contributed by atoms with Gasteiger partial charge in [-0.15, -0.1) is 0 Å². The molecule has 0 spiro atoms. The average molecular weight is 342 g/mol. The van der Waals surface area contributed by atoms with E-state index in [1.807, 2.05) is 53.4 Å². The van der Waals surface area contributed by atoms with E-state index in [-0.39, 0.29) is 11.9 Å². The zero-order valence-electron chi connectivity index (χ0n) is 13.7. The molecule has 2 N–H and O–H groups in total. The molecule has 1 aromatic carbocycles. The summed E-state index contributed by atoms with van der Waals surface area (Å²) in [6.45, 7) is 0.579. The molecule has 1 amide bonds. The van der Waals surface area contributed by atoms with Crippen molar-refractivity contribution in [3.8, 4) is 0 Å². The number of aromatic nitrogens is 3. The highest BCUT2D eigenvalue weighted by Gasteiger charge is 2.18. The number of aromatic amines is 1. The van der Waals surface area contributed by atoms with Crippen molar-refractivity contribution in [1.82, 2.24) is 19.9 Å². The Labute approximate surface area is 145 Å². The zero-order valence-corrected chi connectivity index (χ0v) is 14.6. The molecule has 24 heavy (non-hydrogen) atoms. The normalized spacial score (nSPS) is 12.4. The van der Waals surface area contributed by atoms with Crippen molar-refractivity contribution < 1.29 is 4.79 Å². The molecule has 5 nitrogen and oxygen atoms in total. The molecule has 0 fully saturated rings. The summed E-state index contributed by atoms with van der Waals surface area (Å²) in [5.41, 5.74) is 1.99. The van der Waals surface area contributed by atoms with Crippen LogP contribution in [-0.2, 0) is 11.2 Å². The van der Waals surface area contributed by atoms with Crippen molar-refractivity contribution in [2.24, 2.45) is 0 Å². The molecule has 3 rings (SSSR count). The van der Waals surface area contributed by atoms with E-state index in [0.717, 1.165) is 29.0 Å². The molecule has 0 aliphatic rings. The molecule has 0 aliphatic carbocycles. The van der Waals surface area contributed by atoms with Crippen LogP contribution < -0.4 is 5.32 Å². The molecule has 126 valence electrons. The van der Waals surface area contributed by atoms with Crippen LogP contribution in [0.3, 0.4) is 0 Å². The molecule has 1 atom stereocenters. The van der Waals surface area contributed by atoms with Crippen molar-refractivity contribution in [1.29, 1.82) is 0 Å². The van der Waals surface area contributed by atoms with Gasteiger partial charge in [0.2, 0.25) is 5.91 Å². The number of hydrogen-bond acceptors (Lipinski definition) is 3. The van der Waals surface area contributed by atoms with Gasteiger partial charge in [-0.2, -0.15) is 11.8 Å². The second-order valence-corrected chi connectivity index (χ2v) is 6.65. The van der Waals surface area contributed by atoms with Crippen LogP contribution in [0.1, 0.15) is 18.3 Å². The van der Waals surface area contributed by atoms with Crippen LogP contribution in [0, 0.1) is 0 Å². The van der Waals surface area contributed by atoms with Crippen molar-refractivity contribution >= 4 is 28.7 Å². The molecule has 6 heteroatoms. The van der Waals surface area contributed by atoms with Gasteiger partial charge >= 0.3 is 0 Å².